The molecule has 0 saturated carbocycles. The minimum atomic E-state index is -3.97. The number of para-hydroxylation sites is 1. The molecule has 1 aromatic heterocycles. The van der Waals surface area contributed by atoms with Gasteiger partial charge in [-0.05, 0) is 30.9 Å². The number of hydrogen-bond acceptors (Lipinski definition) is 9. The average Bonchev–Trinajstić information content (AvgIpc) is 3.24. The second-order valence-electron chi connectivity index (χ2n) is 7.78. The van der Waals surface area contributed by atoms with Gasteiger partial charge in [-0.1, -0.05) is 32.0 Å². The molecule has 3 unspecified atom stereocenters. The first-order valence-electron chi connectivity index (χ1n) is 10.5. The zero-order chi connectivity index (χ0) is 23.8. The Morgan fingerprint density at radius 1 is 1.30 bits per heavy atom. The number of nitrogens with zero attached hydrogens (tertiary/aromatic N) is 2. The summed E-state index contributed by atoms with van der Waals surface area (Å²) in [4.78, 5) is 37.2. The number of H-pyrrole nitrogens is 1. The van der Waals surface area contributed by atoms with E-state index in [4.69, 9.17) is 18.5 Å². The second-order valence-corrected chi connectivity index (χ2v) is 9.53. The van der Waals surface area contributed by atoms with E-state index >= 15 is 0 Å². The van der Waals surface area contributed by atoms with Gasteiger partial charge in [0.2, 0.25) is 0 Å². The molecule has 0 bridgehead atoms. The van der Waals surface area contributed by atoms with Gasteiger partial charge in [-0.25, -0.2) is 14.4 Å². The predicted molar refractivity (Wildman–Crippen MR) is 117 cm³/mol. The van der Waals surface area contributed by atoms with E-state index < -0.39 is 37.3 Å². The smallest absolute Gasteiger partial charge is 0.459 e. The lowest BCUT2D eigenvalue weighted by molar-refractivity contribution is -0.143. The van der Waals surface area contributed by atoms with Gasteiger partial charge in [-0.3, -0.25) is 19.1 Å². The van der Waals surface area contributed by atoms with Crippen molar-refractivity contribution in [1.82, 2.24) is 19.9 Å². The molecular weight excluding hydrogens is 455 g/mol. The molecule has 1 aromatic carbocycles. The number of aromatic amines is 1. The quantitative estimate of drug-likeness (QED) is 0.357. The van der Waals surface area contributed by atoms with Crippen LogP contribution in [0.2, 0.25) is 0 Å². The minimum absolute atomic E-state index is 0.132. The monoisotopic (exact) mass is 482 g/mol. The normalized spacial score (nSPS) is 19.8. The van der Waals surface area contributed by atoms with Crippen LogP contribution in [-0.2, 0) is 23.4 Å². The summed E-state index contributed by atoms with van der Waals surface area (Å²) in [5.74, 6) is -0.141. The van der Waals surface area contributed by atoms with Crippen molar-refractivity contribution in [1.29, 1.82) is 0 Å². The van der Waals surface area contributed by atoms with Gasteiger partial charge >= 0.3 is 19.4 Å². The predicted octanol–water partition coefficient (Wildman–Crippen LogP) is 1.60. The van der Waals surface area contributed by atoms with Crippen LogP contribution >= 0.6 is 7.75 Å². The van der Waals surface area contributed by atoms with E-state index in [9.17, 15) is 18.9 Å². The summed E-state index contributed by atoms with van der Waals surface area (Å²) in [6.45, 7) is 3.53. The van der Waals surface area contributed by atoms with Crippen molar-refractivity contribution in [3.05, 3.63) is 57.4 Å². The standard InChI is InChI=1S/C20H27N4O8P/c1-14(2)12-29-19(26)11-22-33(28,32-15-6-4-3-5-7-15)30-13-16-8-9-18(31-16)24-20(27)23-17(25)10-21-24/h3-7,10,14,16,18H,8-9,11-13H2,1-2H3,(H,22,28)(H,23,25,27). The number of rotatable bonds is 11. The number of hydrogen-bond donors (Lipinski definition) is 2. The molecule has 3 rings (SSSR count). The molecule has 1 aliphatic heterocycles. The molecule has 0 aliphatic carbocycles. The van der Waals surface area contributed by atoms with Gasteiger partial charge in [0.25, 0.3) is 5.56 Å². The molecule has 2 N–H and O–H groups in total. The Morgan fingerprint density at radius 2 is 2.06 bits per heavy atom. The molecule has 180 valence electrons. The van der Waals surface area contributed by atoms with Crippen molar-refractivity contribution < 1.29 is 27.9 Å². The topological polar surface area (TPSA) is 151 Å². The van der Waals surface area contributed by atoms with Crippen LogP contribution in [0.1, 0.15) is 32.9 Å². The van der Waals surface area contributed by atoms with Crippen LogP contribution < -0.4 is 20.9 Å². The third kappa shape index (κ3) is 7.64. The van der Waals surface area contributed by atoms with Crippen LogP contribution in [0.5, 0.6) is 5.75 Å². The number of aromatic nitrogens is 3. The molecule has 0 amide bonds. The Hall–Kier alpha value is -2.79. The molecule has 0 spiro atoms. The summed E-state index contributed by atoms with van der Waals surface area (Å²) < 4.78 is 36.3. The van der Waals surface area contributed by atoms with Gasteiger partial charge in [0.15, 0.2) is 6.23 Å². The molecule has 1 aliphatic rings. The van der Waals surface area contributed by atoms with Crippen molar-refractivity contribution in [2.24, 2.45) is 5.92 Å². The first-order valence-corrected chi connectivity index (χ1v) is 12.0. The highest BCUT2D eigenvalue weighted by molar-refractivity contribution is 7.52. The van der Waals surface area contributed by atoms with Crippen molar-refractivity contribution in [3.63, 3.8) is 0 Å². The van der Waals surface area contributed by atoms with Gasteiger partial charge in [-0.2, -0.15) is 9.78 Å². The molecule has 3 atom stereocenters. The molecular formula is C20H27N4O8P. The van der Waals surface area contributed by atoms with E-state index in [1.165, 1.54) is 0 Å². The molecule has 1 saturated heterocycles. The van der Waals surface area contributed by atoms with Gasteiger partial charge in [0.1, 0.15) is 18.5 Å². The summed E-state index contributed by atoms with van der Waals surface area (Å²) in [5, 5.41) is 6.31. The summed E-state index contributed by atoms with van der Waals surface area (Å²) >= 11 is 0. The molecule has 1 fully saturated rings. The highest BCUT2D eigenvalue weighted by Crippen LogP contribution is 2.45. The van der Waals surface area contributed by atoms with Crippen LogP contribution in [0.3, 0.4) is 0 Å². The third-order valence-electron chi connectivity index (χ3n) is 4.49. The Bertz CT molecular complexity index is 1090. The van der Waals surface area contributed by atoms with E-state index in [-0.39, 0.29) is 31.4 Å². The number of nitrogens with one attached hydrogen (secondary N) is 2. The Labute approximate surface area is 189 Å². The van der Waals surface area contributed by atoms with Crippen LogP contribution in [0.15, 0.2) is 46.1 Å². The first kappa shape index (κ1) is 24.8. The Balaban J connectivity index is 1.61. The number of carbonyl (C=O) groups excluding carboxylic acids is 1. The van der Waals surface area contributed by atoms with Gasteiger partial charge < -0.3 is 14.0 Å². The maximum absolute atomic E-state index is 13.3. The van der Waals surface area contributed by atoms with E-state index in [1.54, 1.807) is 30.3 Å². The Kier molecular flexibility index (Phi) is 8.56. The molecule has 0 radical (unpaired) electrons. The maximum Gasteiger partial charge on any atom is 0.459 e. The van der Waals surface area contributed by atoms with Crippen molar-refractivity contribution in [2.45, 2.75) is 39.0 Å². The first-order chi connectivity index (χ1) is 15.7. The fourth-order valence-electron chi connectivity index (χ4n) is 2.93. The third-order valence-corrected chi connectivity index (χ3v) is 5.97. The van der Waals surface area contributed by atoms with E-state index in [0.717, 1.165) is 10.9 Å². The average molecular weight is 482 g/mol. The number of esters is 1. The largest absolute Gasteiger partial charge is 0.464 e. The van der Waals surface area contributed by atoms with Gasteiger partial charge in [0, 0.05) is 0 Å². The summed E-state index contributed by atoms with van der Waals surface area (Å²) in [7, 11) is -3.97. The van der Waals surface area contributed by atoms with E-state index in [2.05, 4.69) is 15.2 Å². The lowest BCUT2D eigenvalue weighted by atomic mass is 10.2. The molecule has 12 nitrogen and oxygen atoms in total. The fourth-order valence-corrected chi connectivity index (χ4v) is 4.23. The highest BCUT2D eigenvalue weighted by Gasteiger charge is 2.33. The fraction of sp³-hybridized carbons (Fsp3) is 0.500. The number of benzene rings is 1. The minimum Gasteiger partial charge on any atom is -0.464 e. The lowest BCUT2D eigenvalue weighted by Crippen LogP contribution is -2.34. The SMILES string of the molecule is CC(C)COC(=O)CNP(=O)(OCC1CCC(n2ncc(=O)[nH]c2=O)O1)Oc1ccccc1. The van der Waals surface area contributed by atoms with E-state index in [0.29, 0.717) is 12.8 Å². The highest BCUT2D eigenvalue weighted by atomic mass is 31.2. The number of ether oxygens (including phenoxy) is 2. The van der Waals surface area contributed by atoms with Crippen molar-refractivity contribution in [2.75, 3.05) is 19.8 Å². The second kappa shape index (κ2) is 11.4. The molecule has 2 aromatic rings. The summed E-state index contributed by atoms with van der Waals surface area (Å²) in [6.07, 6.45) is 0.693. The van der Waals surface area contributed by atoms with Gasteiger partial charge in [0.05, 0.1) is 19.3 Å². The Morgan fingerprint density at radius 3 is 2.76 bits per heavy atom. The van der Waals surface area contributed by atoms with E-state index in [1.807, 2.05) is 13.8 Å². The lowest BCUT2D eigenvalue weighted by Gasteiger charge is -2.21. The van der Waals surface area contributed by atoms with Crippen molar-refractivity contribution >= 4 is 13.7 Å². The van der Waals surface area contributed by atoms with Crippen LogP contribution in [0.25, 0.3) is 0 Å². The van der Waals surface area contributed by atoms with Gasteiger partial charge in [-0.15, -0.1) is 0 Å². The zero-order valence-electron chi connectivity index (χ0n) is 18.3. The van der Waals surface area contributed by atoms with Crippen LogP contribution in [-0.4, -0.2) is 46.6 Å². The molecule has 2 heterocycles. The maximum atomic E-state index is 13.3. The summed E-state index contributed by atoms with van der Waals surface area (Å²) in [6, 6.07) is 8.39. The zero-order valence-corrected chi connectivity index (χ0v) is 19.2. The summed E-state index contributed by atoms with van der Waals surface area (Å²) in [5.41, 5.74) is -1.29. The molecule has 33 heavy (non-hydrogen) atoms. The van der Waals surface area contributed by atoms with Crippen LogP contribution in [0.4, 0.5) is 0 Å². The van der Waals surface area contributed by atoms with Crippen molar-refractivity contribution in [3.8, 4) is 5.75 Å². The number of carbonyl (C=O) groups is 1. The van der Waals surface area contributed by atoms with Crippen LogP contribution in [0, 0.1) is 5.92 Å². The molecule has 13 heteroatoms.